The largest absolute Gasteiger partial charge is 0.394 e. The fourth-order valence-electron chi connectivity index (χ4n) is 3.82. The summed E-state index contributed by atoms with van der Waals surface area (Å²) < 4.78 is 5.62. The van der Waals surface area contributed by atoms with Gasteiger partial charge in [-0.2, -0.15) is 0 Å². The van der Waals surface area contributed by atoms with Crippen molar-refractivity contribution in [3.63, 3.8) is 0 Å². The summed E-state index contributed by atoms with van der Waals surface area (Å²) >= 11 is 0. The first-order valence-electron chi connectivity index (χ1n) is 8.23. The zero-order valence-electron chi connectivity index (χ0n) is 13.2. The van der Waals surface area contributed by atoms with E-state index in [1.165, 1.54) is 19.3 Å². The second-order valence-electron chi connectivity index (χ2n) is 7.26. The average Bonchev–Trinajstić information content (AvgIpc) is 2.43. The quantitative estimate of drug-likeness (QED) is 0.805. The molecule has 0 amide bonds. The van der Waals surface area contributed by atoms with Gasteiger partial charge < -0.3 is 20.5 Å². The van der Waals surface area contributed by atoms with Gasteiger partial charge in [0.25, 0.3) is 0 Å². The maximum atomic E-state index is 8.79. The van der Waals surface area contributed by atoms with E-state index in [0.717, 1.165) is 32.5 Å². The molecule has 118 valence electrons. The van der Waals surface area contributed by atoms with Crippen molar-refractivity contribution in [1.82, 2.24) is 4.90 Å². The van der Waals surface area contributed by atoms with Gasteiger partial charge in [-0.15, -0.1) is 0 Å². The fourth-order valence-corrected chi connectivity index (χ4v) is 3.82. The summed E-state index contributed by atoms with van der Waals surface area (Å²) in [6.45, 7) is 8.62. The Kier molecular flexibility index (Phi) is 5.84. The van der Waals surface area contributed by atoms with E-state index in [1.807, 2.05) is 0 Å². The average molecular weight is 284 g/mol. The summed E-state index contributed by atoms with van der Waals surface area (Å²) in [5.74, 6) is 0.647. The first kappa shape index (κ1) is 16.2. The second kappa shape index (κ2) is 7.21. The number of aliphatic hydroxyl groups excluding tert-OH is 1. The van der Waals surface area contributed by atoms with Crippen molar-refractivity contribution in [2.75, 3.05) is 32.8 Å². The van der Waals surface area contributed by atoms with Crippen LogP contribution in [0.25, 0.3) is 0 Å². The van der Waals surface area contributed by atoms with E-state index in [2.05, 4.69) is 18.7 Å². The Balaban J connectivity index is 1.75. The van der Waals surface area contributed by atoms with Crippen LogP contribution in [0.15, 0.2) is 0 Å². The molecule has 2 unspecified atom stereocenters. The van der Waals surface area contributed by atoms with Crippen molar-refractivity contribution in [2.45, 2.75) is 58.1 Å². The fraction of sp³-hybridized carbons (Fsp3) is 1.00. The van der Waals surface area contributed by atoms with Gasteiger partial charge in [-0.3, -0.25) is 0 Å². The number of likely N-dealkylation sites (tertiary alicyclic amines) is 1. The molecule has 0 spiro atoms. The summed E-state index contributed by atoms with van der Waals surface area (Å²) in [4.78, 5) is 2.56. The van der Waals surface area contributed by atoms with Crippen LogP contribution in [0.5, 0.6) is 0 Å². The molecule has 0 aromatic rings. The lowest BCUT2D eigenvalue weighted by Gasteiger charge is -2.44. The van der Waals surface area contributed by atoms with E-state index in [-0.39, 0.29) is 6.61 Å². The Labute approximate surface area is 123 Å². The number of aliphatic hydroxyl groups is 1. The van der Waals surface area contributed by atoms with Crippen LogP contribution in [0.1, 0.15) is 46.0 Å². The molecule has 4 nitrogen and oxygen atoms in total. The lowest BCUT2D eigenvalue weighted by atomic mass is 9.68. The van der Waals surface area contributed by atoms with Crippen LogP contribution in [0.4, 0.5) is 0 Å². The van der Waals surface area contributed by atoms with Gasteiger partial charge in [0.05, 0.1) is 19.3 Å². The highest BCUT2D eigenvalue weighted by Crippen LogP contribution is 2.38. The van der Waals surface area contributed by atoms with E-state index in [1.54, 1.807) is 0 Å². The molecule has 3 N–H and O–H groups in total. The molecule has 2 aliphatic rings. The monoisotopic (exact) mass is 284 g/mol. The van der Waals surface area contributed by atoms with Gasteiger partial charge in [-0.25, -0.2) is 0 Å². The van der Waals surface area contributed by atoms with Gasteiger partial charge in [0, 0.05) is 25.7 Å². The van der Waals surface area contributed by atoms with Gasteiger partial charge >= 0.3 is 0 Å². The van der Waals surface area contributed by atoms with Crippen molar-refractivity contribution in [3.05, 3.63) is 0 Å². The molecule has 2 fully saturated rings. The topological polar surface area (TPSA) is 58.7 Å². The Bertz CT molecular complexity index is 288. The summed E-state index contributed by atoms with van der Waals surface area (Å²) in [6, 6.07) is 0.333. The van der Waals surface area contributed by atoms with Crippen molar-refractivity contribution >= 4 is 0 Å². The molecule has 1 aliphatic carbocycles. The van der Waals surface area contributed by atoms with E-state index >= 15 is 0 Å². The molecular formula is C16H32N2O2. The standard InChI is InChI=1S/C16H32N2O2/c1-16(2)7-3-4-13(15(16)17)12-18-8-5-14(6-9-18)20-11-10-19/h13-15,19H,3-12,17H2,1-2H3. The highest BCUT2D eigenvalue weighted by atomic mass is 16.5. The summed E-state index contributed by atoms with van der Waals surface area (Å²) in [6.07, 6.45) is 6.39. The Morgan fingerprint density at radius 2 is 1.95 bits per heavy atom. The van der Waals surface area contributed by atoms with Crippen LogP contribution >= 0.6 is 0 Å². The van der Waals surface area contributed by atoms with Gasteiger partial charge in [0.2, 0.25) is 0 Å². The number of hydrogen-bond acceptors (Lipinski definition) is 4. The van der Waals surface area contributed by atoms with Crippen LogP contribution in [0.3, 0.4) is 0 Å². The first-order chi connectivity index (χ1) is 9.53. The van der Waals surface area contributed by atoms with Crippen molar-refractivity contribution < 1.29 is 9.84 Å². The summed E-state index contributed by atoms with van der Waals surface area (Å²) in [5.41, 5.74) is 6.78. The summed E-state index contributed by atoms with van der Waals surface area (Å²) in [5, 5.41) is 8.79. The zero-order valence-corrected chi connectivity index (χ0v) is 13.2. The van der Waals surface area contributed by atoms with Crippen LogP contribution in [-0.4, -0.2) is 55.0 Å². The van der Waals surface area contributed by atoms with Crippen LogP contribution in [0.2, 0.25) is 0 Å². The molecule has 0 aromatic heterocycles. The SMILES string of the molecule is CC1(C)CCCC(CN2CCC(OCCO)CC2)C1N. The highest BCUT2D eigenvalue weighted by Gasteiger charge is 2.37. The maximum absolute atomic E-state index is 8.79. The van der Waals surface area contributed by atoms with Gasteiger partial charge in [-0.1, -0.05) is 20.3 Å². The number of nitrogens with zero attached hydrogens (tertiary/aromatic N) is 1. The Hall–Kier alpha value is -0.160. The molecule has 0 radical (unpaired) electrons. The lowest BCUT2D eigenvalue weighted by molar-refractivity contribution is -0.0137. The maximum Gasteiger partial charge on any atom is 0.0701 e. The molecule has 1 saturated carbocycles. The van der Waals surface area contributed by atoms with Crippen LogP contribution < -0.4 is 5.73 Å². The third-order valence-electron chi connectivity index (χ3n) is 5.28. The smallest absolute Gasteiger partial charge is 0.0701 e. The molecule has 2 rings (SSSR count). The zero-order chi connectivity index (χ0) is 14.6. The minimum atomic E-state index is 0.131. The molecular weight excluding hydrogens is 252 g/mol. The minimum Gasteiger partial charge on any atom is -0.394 e. The van der Waals surface area contributed by atoms with Crippen LogP contribution in [0, 0.1) is 11.3 Å². The normalized spacial score (nSPS) is 32.4. The van der Waals surface area contributed by atoms with E-state index < -0.39 is 0 Å². The molecule has 1 heterocycles. The third-order valence-corrected chi connectivity index (χ3v) is 5.28. The molecule has 4 heteroatoms. The lowest BCUT2D eigenvalue weighted by Crippen LogP contribution is -2.51. The number of piperidine rings is 1. The third kappa shape index (κ3) is 4.17. The van der Waals surface area contributed by atoms with Gasteiger partial charge in [0.15, 0.2) is 0 Å². The number of hydrogen-bond donors (Lipinski definition) is 2. The second-order valence-corrected chi connectivity index (χ2v) is 7.26. The molecule has 20 heavy (non-hydrogen) atoms. The van der Waals surface area contributed by atoms with Crippen molar-refractivity contribution in [3.8, 4) is 0 Å². The van der Waals surface area contributed by atoms with E-state index in [9.17, 15) is 0 Å². The van der Waals surface area contributed by atoms with Crippen LogP contribution in [-0.2, 0) is 4.74 Å². The highest BCUT2D eigenvalue weighted by molar-refractivity contribution is 4.92. The first-order valence-corrected chi connectivity index (χ1v) is 8.23. The predicted octanol–water partition coefficient (Wildman–Crippen LogP) is 1.61. The molecule has 1 aliphatic heterocycles. The Morgan fingerprint density at radius 3 is 2.60 bits per heavy atom. The Morgan fingerprint density at radius 1 is 1.25 bits per heavy atom. The molecule has 0 aromatic carbocycles. The number of ether oxygens (including phenoxy) is 1. The van der Waals surface area contributed by atoms with Crippen molar-refractivity contribution in [2.24, 2.45) is 17.1 Å². The number of nitrogens with two attached hydrogens (primary N) is 1. The van der Waals surface area contributed by atoms with E-state index in [4.69, 9.17) is 15.6 Å². The molecule has 0 bridgehead atoms. The van der Waals surface area contributed by atoms with Gasteiger partial charge in [0.1, 0.15) is 0 Å². The molecule has 1 saturated heterocycles. The van der Waals surface area contributed by atoms with Crippen molar-refractivity contribution in [1.29, 1.82) is 0 Å². The minimum absolute atomic E-state index is 0.131. The predicted molar refractivity (Wildman–Crippen MR) is 81.6 cm³/mol. The molecule has 2 atom stereocenters. The number of rotatable bonds is 5. The van der Waals surface area contributed by atoms with Gasteiger partial charge in [-0.05, 0) is 37.0 Å². The van der Waals surface area contributed by atoms with E-state index in [0.29, 0.717) is 30.1 Å². The summed E-state index contributed by atoms with van der Waals surface area (Å²) in [7, 11) is 0.